The summed E-state index contributed by atoms with van der Waals surface area (Å²) in [6.45, 7) is 8.80. The van der Waals surface area contributed by atoms with Gasteiger partial charge < -0.3 is 0 Å². The van der Waals surface area contributed by atoms with Crippen LogP contribution in [0, 0.1) is 12.8 Å². The SMILES string of the molecule is [CH2]C(CCC)CCCCCCCCCCCCCCCCCC. The summed E-state index contributed by atoms with van der Waals surface area (Å²) < 4.78 is 0. The average Bonchev–Trinajstić information content (AvgIpc) is 2.54. The quantitative estimate of drug-likeness (QED) is 0.208. The zero-order chi connectivity index (χ0) is 17.0. The van der Waals surface area contributed by atoms with Crippen molar-refractivity contribution in [3.05, 3.63) is 6.92 Å². The summed E-state index contributed by atoms with van der Waals surface area (Å²) in [5, 5.41) is 0. The fraction of sp³-hybridized carbons (Fsp3) is 0.957. The molecule has 0 aliphatic rings. The number of hydrogen-bond donors (Lipinski definition) is 0. The van der Waals surface area contributed by atoms with Crippen molar-refractivity contribution in [2.45, 2.75) is 136 Å². The van der Waals surface area contributed by atoms with E-state index in [9.17, 15) is 0 Å². The van der Waals surface area contributed by atoms with Gasteiger partial charge in [-0.05, 0) is 5.92 Å². The van der Waals surface area contributed by atoms with Crippen molar-refractivity contribution in [1.29, 1.82) is 0 Å². The molecular formula is C23H47. The molecule has 0 heteroatoms. The smallest absolute Gasteiger partial charge is 0.0414 e. The molecule has 23 heavy (non-hydrogen) atoms. The van der Waals surface area contributed by atoms with Gasteiger partial charge in [0.25, 0.3) is 0 Å². The van der Waals surface area contributed by atoms with Crippen LogP contribution in [0.4, 0.5) is 0 Å². The van der Waals surface area contributed by atoms with Gasteiger partial charge in [0.2, 0.25) is 0 Å². The van der Waals surface area contributed by atoms with Gasteiger partial charge in [-0.2, -0.15) is 0 Å². The highest BCUT2D eigenvalue weighted by molar-refractivity contribution is 4.60. The average molecular weight is 324 g/mol. The summed E-state index contributed by atoms with van der Waals surface area (Å²) in [5.41, 5.74) is 0. The molecule has 0 rings (SSSR count). The predicted molar refractivity (Wildman–Crippen MR) is 108 cm³/mol. The molecule has 0 N–H and O–H groups in total. The fourth-order valence-electron chi connectivity index (χ4n) is 3.53. The van der Waals surface area contributed by atoms with Crippen LogP contribution in [0.15, 0.2) is 0 Å². The molecule has 0 amide bonds. The van der Waals surface area contributed by atoms with Crippen LogP contribution in [0.5, 0.6) is 0 Å². The third-order valence-electron chi connectivity index (χ3n) is 5.16. The Morgan fingerprint density at radius 1 is 0.435 bits per heavy atom. The van der Waals surface area contributed by atoms with Crippen molar-refractivity contribution in [1.82, 2.24) is 0 Å². The minimum Gasteiger partial charge on any atom is -0.0654 e. The Kier molecular flexibility index (Phi) is 20.0. The summed E-state index contributed by atoms with van der Waals surface area (Å²) in [6, 6.07) is 0. The van der Waals surface area contributed by atoms with Crippen molar-refractivity contribution in [2.75, 3.05) is 0 Å². The Labute approximate surface area is 149 Å². The first-order valence-corrected chi connectivity index (χ1v) is 11.1. The van der Waals surface area contributed by atoms with Crippen LogP contribution < -0.4 is 0 Å². The van der Waals surface area contributed by atoms with E-state index in [2.05, 4.69) is 20.8 Å². The lowest BCUT2D eigenvalue weighted by molar-refractivity contribution is 0.481. The molecular weight excluding hydrogens is 276 g/mol. The van der Waals surface area contributed by atoms with E-state index in [1.165, 1.54) is 122 Å². The van der Waals surface area contributed by atoms with E-state index in [1.54, 1.807) is 0 Å². The summed E-state index contributed by atoms with van der Waals surface area (Å²) in [4.78, 5) is 0. The second-order valence-corrected chi connectivity index (χ2v) is 7.75. The molecule has 1 unspecified atom stereocenters. The molecule has 0 heterocycles. The van der Waals surface area contributed by atoms with Crippen molar-refractivity contribution >= 4 is 0 Å². The molecule has 0 bridgehead atoms. The number of rotatable bonds is 19. The second-order valence-electron chi connectivity index (χ2n) is 7.75. The van der Waals surface area contributed by atoms with Crippen molar-refractivity contribution in [3.63, 3.8) is 0 Å². The normalized spacial score (nSPS) is 12.7. The van der Waals surface area contributed by atoms with Crippen LogP contribution in [0.1, 0.15) is 136 Å². The molecule has 1 atom stereocenters. The maximum atomic E-state index is 4.24. The molecule has 139 valence electrons. The van der Waals surface area contributed by atoms with Crippen LogP contribution >= 0.6 is 0 Å². The summed E-state index contributed by atoms with van der Waals surface area (Å²) in [5.74, 6) is 0.714. The van der Waals surface area contributed by atoms with E-state index in [1.807, 2.05) is 0 Å². The Morgan fingerprint density at radius 2 is 0.783 bits per heavy atom. The van der Waals surface area contributed by atoms with Gasteiger partial charge in [0, 0.05) is 0 Å². The molecule has 0 aromatic heterocycles. The molecule has 0 nitrogen and oxygen atoms in total. The van der Waals surface area contributed by atoms with Gasteiger partial charge in [0.1, 0.15) is 0 Å². The largest absolute Gasteiger partial charge is 0.0654 e. The maximum Gasteiger partial charge on any atom is -0.0414 e. The van der Waals surface area contributed by atoms with E-state index in [-0.39, 0.29) is 0 Å². The Balaban J connectivity index is 3.00. The molecule has 0 aliphatic heterocycles. The summed E-state index contributed by atoms with van der Waals surface area (Å²) >= 11 is 0. The van der Waals surface area contributed by atoms with Gasteiger partial charge in [-0.15, -0.1) is 0 Å². The van der Waals surface area contributed by atoms with Crippen LogP contribution in [0.2, 0.25) is 0 Å². The summed E-state index contributed by atoms with van der Waals surface area (Å²) in [6.07, 6.45) is 27.3. The fourth-order valence-corrected chi connectivity index (χ4v) is 3.53. The van der Waals surface area contributed by atoms with Gasteiger partial charge in [-0.25, -0.2) is 0 Å². The van der Waals surface area contributed by atoms with E-state index in [4.69, 9.17) is 0 Å². The highest BCUT2D eigenvalue weighted by Gasteiger charge is 2.00. The number of hydrogen-bond acceptors (Lipinski definition) is 0. The molecule has 0 spiro atoms. The zero-order valence-corrected chi connectivity index (χ0v) is 16.7. The standard InChI is InChI=1S/C23H47/c1-4-6-7-8-9-10-11-12-13-14-15-16-17-18-19-20-22-23(3)21-5-2/h23H,3-22H2,1-2H3. The molecule has 0 aromatic carbocycles. The molecule has 0 saturated carbocycles. The molecule has 0 aliphatic carbocycles. The first-order valence-electron chi connectivity index (χ1n) is 11.1. The van der Waals surface area contributed by atoms with Gasteiger partial charge in [-0.3, -0.25) is 0 Å². The van der Waals surface area contributed by atoms with Crippen molar-refractivity contribution in [3.8, 4) is 0 Å². The molecule has 1 radical (unpaired) electrons. The molecule has 0 aromatic rings. The van der Waals surface area contributed by atoms with E-state index >= 15 is 0 Å². The van der Waals surface area contributed by atoms with Crippen LogP contribution in [-0.2, 0) is 0 Å². The van der Waals surface area contributed by atoms with Crippen LogP contribution in [0.3, 0.4) is 0 Å². The lowest BCUT2D eigenvalue weighted by Crippen LogP contribution is -1.94. The molecule has 0 saturated heterocycles. The Hall–Kier alpha value is 0. The van der Waals surface area contributed by atoms with Crippen LogP contribution in [-0.4, -0.2) is 0 Å². The topological polar surface area (TPSA) is 0 Å². The van der Waals surface area contributed by atoms with E-state index in [0.29, 0.717) is 5.92 Å². The van der Waals surface area contributed by atoms with E-state index in [0.717, 1.165) is 0 Å². The lowest BCUT2D eigenvalue weighted by Gasteiger charge is -2.09. The predicted octanol–water partition coefficient (Wildman–Crippen LogP) is 8.89. The minimum absolute atomic E-state index is 0.714. The third-order valence-corrected chi connectivity index (χ3v) is 5.16. The highest BCUT2D eigenvalue weighted by atomic mass is 14.1. The lowest BCUT2D eigenvalue weighted by atomic mass is 9.98. The highest BCUT2D eigenvalue weighted by Crippen LogP contribution is 2.16. The first kappa shape index (κ1) is 23.0. The van der Waals surface area contributed by atoms with E-state index < -0.39 is 0 Å². The van der Waals surface area contributed by atoms with Crippen LogP contribution in [0.25, 0.3) is 0 Å². The van der Waals surface area contributed by atoms with Gasteiger partial charge in [0.15, 0.2) is 0 Å². The van der Waals surface area contributed by atoms with Gasteiger partial charge in [-0.1, -0.05) is 143 Å². The second kappa shape index (κ2) is 20.0. The first-order chi connectivity index (χ1) is 11.3. The Bertz CT molecular complexity index is 196. The number of unbranched alkanes of at least 4 members (excludes halogenated alkanes) is 15. The van der Waals surface area contributed by atoms with Crippen molar-refractivity contribution in [2.24, 2.45) is 5.92 Å². The monoisotopic (exact) mass is 323 g/mol. The zero-order valence-electron chi connectivity index (χ0n) is 16.7. The van der Waals surface area contributed by atoms with Gasteiger partial charge in [0.05, 0.1) is 0 Å². The van der Waals surface area contributed by atoms with Gasteiger partial charge >= 0.3 is 0 Å². The maximum absolute atomic E-state index is 4.24. The molecule has 0 fully saturated rings. The Morgan fingerprint density at radius 3 is 1.13 bits per heavy atom. The third kappa shape index (κ3) is 20.0. The minimum atomic E-state index is 0.714. The van der Waals surface area contributed by atoms with Crippen molar-refractivity contribution < 1.29 is 0 Å². The summed E-state index contributed by atoms with van der Waals surface area (Å²) in [7, 11) is 0.